The van der Waals surface area contributed by atoms with Gasteiger partial charge in [0.2, 0.25) is 0 Å². The number of benzene rings is 2. The average Bonchev–Trinajstić information content (AvgIpc) is 3.18. The number of hydrogen-bond donors (Lipinski definition) is 2. The first kappa shape index (κ1) is 25.9. The van der Waals surface area contributed by atoms with E-state index in [0.717, 1.165) is 6.42 Å². The summed E-state index contributed by atoms with van der Waals surface area (Å²) in [5, 5.41) is 14.7. The van der Waals surface area contributed by atoms with Crippen molar-refractivity contribution in [2.45, 2.75) is 26.2 Å². The fourth-order valence-electron chi connectivity index (χ4n) is 3.75. The van der Waals surface area contributed by atoms with Crippen molar-refractivity contribution in [2.24, 2.45) is 0 Å². The molecule has 0 aliphatic carbocycles. The third kappa shape index (κ3) is 6.15. The largest absolute Gasteiger partial charge is 0.412 e. The average molecular weight is 508 g/mol. The molecule has 38 heavy (non-hydrogen) atoms. The maximum atomic E-state index is 12.5. The van der Waals surface area contributed by atoms with Gasteiger partial charge in [0.1, 0.15) is 5.82 Å². The Balaban J connectivity index is 1.43. The second kappa shape index (κ2) is 12.2. The highest BCUT2D eigenvalue weighted by atomic mass is 16.6. The third-order valence-electron chi connectivity index (χ3n) is 5.66. The lowest BCUT2D eigenvalue weighted by molar-refractivity contribution is 0.0653. The van der Waals surface area contributed by atoms with Gasteiger partial charge in [-0.25, -0.2) is 9.78 Å². The van der Waals surface area contributed by atoms with Crippen LogP contribution in [0.3, 0.4) is 0 Å². The summed E-state index contributed by atoms with van der Waals surface area (Å²) in [6.07, 6.45) is 2.58. The molecule has 3 aromatic rings. The zero-order chi connectivity index (χ0) is 26.9. The van der Waals surface area contributed by atoms with Gasteiger partial charge in [-0.15, -0.1) is 0 Å². The van der Waals surface area contributed by atoms with Crippen LogP contribution in [0.25, 0.3) is 0 Å². The molecule has 9 nitrogen and oxygen atoms in total. The Bertz CT molecular complexity index is 1430. The number of nitrogens with zero attached hydrogens (tertiary/aromatic N) is 3. The van der Waals surface area contributed by atoms with E-state index < -0.39 is 6.09 Å². The van der Waals surface area contributed by atoms with Crippen LogP contribution in [0.2, 0.25) is 0 Å². The molecule has 0 saturated carbocycles. The SMILES string of the molecule is CCCNC(=O)Oc1cc(Nc2ccc(C#N)cc2)ncc1C#CCCCN1C(=O)c2ccccc2C1=O. The highest BCUT2D eigenvalue weighted by Crippen LogP contribution is 2.24. The molecule has 0 atom stereocenters. The molecule has 3 amide bonds. The van der Waals surface area contributed by atoms with Gasteiger partial charge in [0.15, 0.2) is 5.75 Å². The Kier molecular flexibility index (Phi) is 8.32. The van der Waals surface area contributed by atoms with Crippen molar-refractivity contribution >= 4 is 29.4 Å². The first-order chi connectivity index (χ1) is 18.5. The van der Waals surface area contributed by atoms with Crippen molar-refractivity contribution in [2.75, 3.05) is 18.4 Å². The molecule has 0 radical (unpaired) electrons. The van der Waals surface area contributed by atoms with Crippen LogP contribution in [-0.2, 0) is 0 Å². The number of rotatable bonds is 8. The van der Waals surface area contributed by atoms with Crippen molar-refractivity contribution in [3.8, 4) is 23.7 Å². The van der Waals surface area contributed by atoms with Crippen molar-refractivity contribution in [1.29, 1.82) is 5.26 Å². The quantitative estimate of drug-likeness (QED) is 0.259. The van der Waals surface area contributed by atoms with Gasteiger partial charge in [-0.2, -0.15) is 5.26 Å². The van der Waals surface area contributed by atoms with Gasteiger partial charge < -0.3 is 15.4 Å². The lowest BCUT2D eigenvalue weighted by Gasteiger charge is -2.12. The Labute approximate surface area is 220 Å². The molecular weight excluding hydrogens is 482 g/mol. The maximum absolute atomic E-state index is 12.5. The number of nitrogens with one attached hydrogen (secondary N) is 2. The summed E-state index contributed by atoms with van der Waals surface area (Å²) in [5.74, 6) is 6.08. The summed E-state index contributed by atoms with van der Waals surface area (Å²) in [5.41, 5.74) is 2.52. The number of aromatic nitrogens is 1. The summed E-state index contributed by atoms with van der Waals surface area (Å²) < 4.78 is 5.49. The van der Waals surface area contributed by atoms with E-state index in [4.69, 9.17) is 10.00 Å². The number of imide groups is 1. The molecule has 2 N–H and O–H groups in total. The number of carbonyl (C=O) groups excluding carboxylic acids is 3. The highest BCUT2D eigenvalue weighted by molar-refractivity contribution is 6.21. The lowest BCUT2D eigenvalue weighted by atomic mass is 10.1. The standard InChI is InChI=1S/C29H25N5O4/c1-2-15-31-29(37)38-25-17-26(33-22-13-11-20(18-30)12-14-22)32-19-21(25)8-4-3-7-16-34-27(35)23-9-5-6-10-24(23)28(34)36/h5-6,9-14,17,19H,2-3,7,15-16H2,1H3,(H,31,37)(H,32,33). The molecule has 0 fully saturated rings. The van der Waals surface area contributed by atoms with E-state index in [0.29, 0.717) is 53.1 Å². The molecule has 0 spiro atoms. The first-order valence-corrected chi connectivity index (χ1v) is 12.2. The van der Waals surface area contributed by atoms with Crippen molar-refractivity contribution in [1.82, 2.24) is 15.2 Å². The number of carbonyl (C=O) groups is 3. The predicted octanol–water partition coefficient (Wildman–Crippen LogP) is 4.62. The van der Waals surface area contributed by atoms with Gasteiger partial charge in [-0.1, -0.05) is 30.9 Å². The summed E-state index contributed by atoms with van der Waals surface area (Å²) >= 11 is 0. The van der Waals surface area contributed by atoms with Crippen LogP contribution in [0.15, 0.2) is 60.8 Å². The Morgan fingerprint density at radius 2 is 1.79 bits per heavy atom. The molecule has 2 aromatic carbocycles. The van der Waals surface area contributed by atoms with Gasteiger partial charge in [-0.05, 0) is 49.2 Å². The highest BCUT2D eigenvalue weighted by Gasteiger charge is 2.34. The zero-order valence-electron chi connectivity index (χ0n) is 20.8. The second-order valence-corrected chi connectivity index (χ2v) is 8.41. The monoisotopic (exact) mass is 507 g/mol. The normalized spacial score (nSPS) is 11.7. The first-order valence-electron chi connectivity index (χ1n) is 12.2. The second-order valence-electron chi connectivity index (χ2n) is 8.41. The number of ether oxygens (including phenoxy) is 1. The van der Waals surface area contributed by atoms with Crippen LogP contribution < -0.4 is 15.4 Å². The van der Waals surface area contributed by atoms with Crippen LogP contribution in [0.4, 0.5) is 16.3 Å². The van der Waals surface area contributed by atoms with Crippen LogP contribution in [-0.4, -0.2) is 40.9 Å². The number of unbranched alkanes of at least 4 members (excludes halogenated alkanes) is 1. The van der Waals surface area contributed by atoms with Crippen molar-refractivity contribution in [3.63, 3.8) is 0 Å². The minimum Gasteiger partial charge on any atom is -0.409 e. The van der Waals surface area contributed by atoms with Gasteiger partial charge in [0, 0.05) is 37.5 Å². The number of fused-ring (bicyclic) bond motifs is 1. The van der Waals surface area contributed by atoms with E-state index in [1.54, 1.807) is 54.6 Å². The molecule has 0 saturated heterocycles. The van der Waals surface area contributed by atoms with Gasteiger partial charge in [-0.3, -0.25) is 14.5 Å². The molecule has 0 unspecified atom stereocenters. The topological polar surface area (TPSA) is 124 Å². The van der Waals surface area contributed by atoms with Gasteiger partial charge >= 0.3 is 6.09 Å². The molecule has 4 rings (SSSR count). The Morgan fingerprint density at radius 3 is 2.45 bits per heavy atom. The number of amides is 3. The number of hydrogen-bond acceptors (Lipinski definition) is 7. The number of anilines is 2. The fourth-order valence-corrected chi connectivity index (χ4v) is 3.75. The van der Waals surface area contributed by atoms with Gasteiger partial charge in [0.05, 0.1) is 28.3 Å². The maximum Gasteiger partial charge on any atom is 0.412 e. The zero-order valence-corrected chi connectivity index (χ0v) is 20.8. The minimum absolute atomic E-state index is 0.234. The third-order valence-corrected chi connectivity index (χ3v) is 5.66. The minimum atomic E-state index is -0.601. The molecule has 2 heterocycles. The lowest BCUT2D eigenvalue weighted by Crippen LogP contribution is -2.30. The van der Waals surface area contributed by atoms with Crippen molar-refractivity contribution in [3.05, 3.63) is 83.0 Å². The molecule has 9 heteroatoms. The van der Waals surface area contributed by atoms with E-state index in [1.807, 2.05) is 6.92 Å². The molecule has 190 valence electrons. The molecule has 0 bridgehead atoms. The van der Waals surface area contributed by atoms with Gasteiger partial charge in [0.25, 0.3) is 11.8 Å². The summed E-state index contributed by atoms with van der Waals surface area (Å²) in [6, 6.07) is 17.3. The van der Waals surface area contributed by atoms with E-state index in [-0.39, 0.29) is 24.1 Å². The van der Waals surface area contributed by atoms with Crippen LogP contribution >= 0.6 is 0 Å². The van der Waals surface area contributed by atoms with Crippen LogP contribution in [0, 0.1) is 23.2 Å². The van der Waals surface area contributed by atoms with Crippen molar-refractivity contribution < 1.29 is 19.1 Å². The fraction of sp³-hybridized carbons (Fsp3) is 0.207. The number of pyridine rings is 1. The summed E-state index contributed by atoms with van der Waals surface area (Å²) in [7, 11) is 0. The molecule has 1 aliphatic rings. The van der Waals surface area contributed by atoms with Crippen LogP contribution in [0.1, 0.15) is 58.0 Å². The molecular formula is C29H25N5O4. The van der Waals surface area contributed by atoms with E-state index in [2.05, 4.69) is 33.5 Å². The van der Waals surface area contributed by atoms with E-state index in [1.165, 1.54) is 11.1 Å². The van der Waals surface area contributed by atoms with E-state index >= 15 is 0 Å². The summed E-state index contributed by atoms with van der Waals surface area (Å²) in [6.45, 7) is 2.67. The predicted molar refractivity (Wildman–Crippen MR) is 141 cm³/mol. The molecule has 1 aromatic heterocycles. The van der Waals surface area contributed by atoms with E-state index in [9.17, 15) is 14.4 Å². The Morgan fingerprint density at radius 1 is 1.08 bits per heavy atom. The van der Waals surface area contributed by atoms with Crippen LogP contribution in [0.5, 0.6) is 5.75 Å². The smallest absolute Gasteiger partial charge is 0.409 e. The molecule has 1 aliphatic heterocycles. The Hall–Kier alpha value is -5.15. The summed E-state index contributed by atoms with van der Waals surface area (Å²) in [4.78, 5) is 42.8. The number of nitriles is 1.